The van der Waals surface area contributed by atoms with Gasteiger partial charge < -0.3 is 28.6 Å². The van der Waals surface area contributed by atoms with E-state index < -0.39 is 31.4 Å². The highest BCUT2D eigenvalue weighted by Crippen LogP contribution is 2.50. The first-order valence-corrected chi connectivity index (χ1v) is 13.3. The number of fused-ring (bicyclic) bond motifs is 1. The second-order valence-electron chi connectivity index (χ2n) is 8.04. The Morgan fingerprint density at radius 3 is 2.37 bits per heavy atom. The van der Waals surface area contributed by atoms with Crippen LogP contribution < -0.4 is 14.8 Å². The molecule has 1 N–H and O–H groups in total. The molecule has 2 aromatic carbocycles. The smallest absolute Gasteiger partial charge is 0.331 e. The van der Waals surface area contributed by atoms with Crippen LogP contribution >= 0.6 is 7.60 Å². The van der Waals surface area contributed by atoms with E-state index in [1.54, 1.807) is 32.9 Å². The highest BCUT2D eigenvalue weighted by molar-refractivity contribution is 7.53. The van der Waals surface area contributed by atoms with Gasteiger partial charge in [-0.2, -0.15) is 0 Å². The molecule has 0 aromatic heterocycles. The van der Waals surface area contributed by atoms with Gasteiger partial charge in [-0.3, -0.25) is 9.36 Å². The van der Waals surface area contributed by atoms with Crippen LogP contribution in [-0.2, 0) is 41.0 Å². The molecule has 9 nitrogen and oxygen atoms in total. The number of amides is 1. The van der Waals surface area contributed by atoms with Crippen molar-refractivity contribution in [2.45, 2.75) is 39.8 Å². The molecule has 0 bridgehead atoms. The Kier molecular flexibility index (Phi) is 9.72. The number of benzene rings is 2. The number of rotatable bonds is 13. The topological polar surface area (TPSA) is 109 Å². The Morgan fingerprint density at radius 1 is 1.00 bits per heavy atom. The molecule has 10 heteroatoms. The summed E-state index contributed by atoms with van der Waals surface area (Å²) in [6, 6.07) is 13.7. The van der Waals surface area contributed by atoms with Crippen molar-refractivity contribution in [3.63, 3.8) is 0 Å². The van der Waals surface area contributed by atoms with E-state index in [2.05, 4.69) is 5.32 Å². The summed E-state index contributed by atoms with van der Waals surface area (Å²) in [7, 11) is -3.54. The van der Waals surface area contributed by atoms with Crippen LogP contribution in [0.25, 0.3) is 0 Å². The lowest BCUT2D eigenvalue weighted by Crippen LogP contribution is -2.44. The van der Waals surface area contributed by atoms with Crippen molar-refractivity contribution >= 4 is 19.5 Å². The molecule has 0 radical (unpaired) electrons. The van der Waals surface area contributed by atoms with E-state index in [-0.39, 0.29) is 39.2 Å². The van der Waals surface area contributed by atoms with Crippen LogP contribution in [-0.4, -0.2) is 44.1 Å². The lowest BCUT2D eigenvalue weighted by molar-refractivity contribution is -0.148. The molecule has 35 heavy (non-hydrogen) atoms. The molecule has 1 heterocycles. The lowest BCUT2D eigenvalue weighted by Gasteiger charge is -2.24. The van der Waals surface area contributed by atoms with E-state index in [0.29, 0.717) is 11.5 Å². The van der Waals surface area contributed by atoms with Gasteiger partial charge in [-0.05, 0) is 50.5 Å². The third-order valence-corrected chi connectivity index (χ3v) is 7.51. The number of esters is 1. The van der Waals surface area contributed by atoms with Gasteiger partial charge in [0, 0.05) is 0 Å². The Balaban J connectivity index is 1.70. The van der Waals surface area contributed by atoms with Crippen LogP contribution in [0.2, 0.25) is 0 Å². The summed E-state index contributed by atoms with van der Waals surface area (Å²) >= 11 is 0. The molecule has 1 amide bonds. The van der Waals surface area contributed by atoms with Crippen LogP contribution in [0.5, 0.6) is 11.5 Å². The fourth-order valence-electron chi connectivity index (χ4n) is 3.64. The molecule has 0 spiro atoms. The first-order valence-electron chi connectivity index (χ1n) is 11.6. The molecule has 2 aromatic rings. The molecular weight excluding hydrogens is 473 g/mol. The SMILES string of the molecule is CCOP(=O)(C[C@@H](Cc1ccc2c(c1)OCO2)C(=O)N[C@H](C)C(=O)OCc1ccccc1)OCC. The quantitative estimate of drug-likeness (QED) is 0.320. The number of hydrogen-bond acceptors (Lipinski definition) is 8. The van der Waals surface area contributed by atoms with E-state index in [4.69, 9.17) is 23.3 Å². The predicted octanol–water partition coefficient (Wildman–Crippen LogP) is 4.09. The summed E-state index contributed by atoms with van der Waals surface area (Å²) in [6.45, 7) is 5.57. The van der Waals surface area contributed by atoms with Crippen LogP contribution in [0, 0.1) is 5.92 Å². The van der Waals surface area contributed by atoms with Crippen LogP contribution in [0.1, 0.15) is 31.9 Å². The van der Waals surface area contributed by atoms with Gasteiger partial charge in [0.1, 0.15) is 12.6 Å². The highest BCUT2D eigenvalue weighted by atomic mass is 31.2. The Morgan fingerprint density at radius 2 is 1.69 bits per heavy atom. The van der Waals surface area contributed by atoms with Gasteiger partial charge >= 0.3 is 13.6 Å². The average molecular weight is 506 g/mol. The minimum absolute atomic E-state index is 0.102. The van der Waals surface area contributed by atoms with Crippen LogP contribution in [0.4, 0.5) is 0 Å². The van der Waals surface area contributed by atoms with Crippen molar-refractivity contribution in [1.82, 2.24) is 5.32 Å². The van der Waals surface area contributed by atoms with E-state index in [1.165, 1.54) is 0 Å². The van der Waals surface area contributed by atoms with Crippen LogP contribution in [0.3, 0.4) is 0 Å². The van der Waals surface area contributed by atoms with Gasteiger partial charge in [-0.25, -0.2) is 4.79 Å². The lowest BCUT2D eigenvalue weighted by atomic mass is 9.99. The van der Waals surface area contributed by atoms with Crippen molar-refractivity contribution in [2.75, 3.05) is 26.2 Å². The first-order chi connectivity index (χ1) is 16.8. The van der Waals surface area contributed by atoms with E-state index >= 15 is 0 Å². The molecule has 3 rings (SSSR count). The number of nitrogens with one attached hydrogen (secondary N) is 1. The maximum absolute atomic E-state index is 13.2. The molecule has 0 unspecified atom stereocenters. The van der Waals surface area contributed by atoms with Gasteiger partial charge in [0.05, 0.1) is 25.3 Å². The molecule has 0 saturated carbocycles. The second-order valence-corrected chi connectivity index (χ2v) is 10.1. The maximum Gasteiger partial charge on any atom is 0.331 e. The largest absolute Gasteiger partial charge is 0.459 e. The zero-order valence-electron chi connectivity index (χ0n) is 20.2. The fraction of sp³-hybridized carbons (Fsp3) is 0.440. The van der Waals surface area contributed by atoms with Gasteiger partial charge in [0.2, 0.25) is 12.7 Å². The Hall–Kier alpha value is -2.87. The van der Waals surface area contributed by atoms with E-state index in [1.807, 2.05) is 36.4 Å². The maximum atomic E-state index is 13.2. The minimum Gasteiger partial charge on any atom is -0.459 e. The second kappa shape index (κ2) is 12.7. The summed E-state index contributed by atoms with van der Waals surface area (Å²) in [5.74, 6) is -0.604. The van der Waals surface area contributed by atoms with Crippen molar-refractivity contribution in [3.8, 4) is 11.5 Å². The predicted molar refractivity (Wildman–Crippen MR) is 129 cm³/mol. The zero-order chi connectivity index (χ0) is 25.3. The summed E-state index contributed by atoms with van der Waals surface area (Å²) in [6.07, 6.45) is 0.0964. The molecular formula is C25H32NO8P. The van der Waals surface area contributed by atoms with Gasteiger partial charge in [-0.15, -0.1) is 0 Å². The summed E-state index contributed by atoms with van der Waals surface area (Å²) in [4.78, 5) is 25.7. The first kappa shape index (κ1) is 26.7. The van der Waals surface area contributed by atoms with Gasteiger partial charge in [-0.1, -0.05) is 36.4 Å². The third kappa shape index (κ3) is 7.82. The fourth-order valence-corrected chi connectivity index (χ4v) is 5.55. The monoisotopic (exact) mass is 505 g/mol. The minimum atomic E-state index is -3.54. The zero-order valence-corrected chi connectivity index (χ0v) is 21.1. The molecule has 190 valence electrons. The standard InChI is InChI=1S/C25H32NO8P/c1-4-33-35(29,34-5-2)16-21(13-20-11-12-22-23(14-20)32-17-31-22)24(27)26-18(3)25(28)30-15-19-9-7-6-8-10-19/h6-12,14,18,21H,4-5,13,15-17H2,1-3H3,(H,26,27)/t18-,21-/m1/s1. The highest BCUT2D eigenvalue weighted by Gasteiger charge is 2.34. The molecule has 1 aliphatic heterocycles. The van der Waals surface area contributed by atoms with Gasteiger partial charge in [0.25, 0.3) is 0 Å². The molecule has 2 atom stereocenters. The number of hydrogen-bond donors (Lipinski definition) is 1. The average Bonchev–Trinajstić information content (AvgIpc) is 3.31. The number of carbonyl (C=O) groups excluding carboxylic acids is 2. The normalized spacial score (nSPS) is 14.3. The van der Waals surface area contributed by atoms with Gasteiger partial charge in [0.15, 0.2) is 11.5 Å². The van der Waals surface area contributed by atoms with Crippen molar-refractivity contribution in [1.29, 1.82) is 0 Å². The third-order valence-electron chi connectivity index (χ3n) is 5.32. The Labute approximate surface area is 205 Å². The Bertz CT molecular complexity index is 1040. The van der Waals surface area contributed by atoms with E-state index in [9.17, 15) is 14.2 Å². The van der Waals surface area contributed by atoms with Crippen molar-refractivity contribution < 1.29 is 37.4 Å². The summed E-state index contributed by atoms with van der Waals surface area (Å²) in [5.41, 5.74) is 1.63. The summed E-state index contributed by atoms with van der Waals surface area (Å²) < 4.78 is 40.2. The van der Waals surface area contributed by atoms with E-state index in [0.717, 1.165) is 11.1 Å². The molecule has 1 aliphatic rings. The molecule has 0 saturated heterocycles. The number of ether oxygens (including phenoxy) is 3. The van der Waals surface area contributed by atoms with Crippen molar-refractivity contribution in [2.24, 2.45) is 5.92 Å². The van der Waals surface area contributed by atoms with Crippen molar-refractivity contribution in [3.05, 3.63) is 59.7 Å². The molecule has 0 fully saturated rings. The number of carbonyl (C=O) groups is 2. The summed E-state index contributed by atoms with van der Waals surface area (Å²) in [5, 5.41) is 2.69. The molecule has 0 aliphatic carbocycles. The van der Waals surface area contributed by atoms with Crippen LogP contribution in [0.15, 0.2) is 48.5 Å².